The van der Waals surface area contributed by atoms with E-state index in [4.69, 9.17) is 14.2 Å². The SMILES string of the molecule is CCCCCCCCCCCCCCCC(=O)N(CCCOC(CC)CCCCCCCCCCCCC)CCOC1CCCCO1. The van der Waals surface area contributed by atoms with Crippen molar-refractivity contribution < 1.29 is 19.0 Å². The normalized spacial score (nSPS) is 15.7. The fourth-order valence-electron chi connectivity index (χ4n) is 6.90. The maximum absolute atomic E-state index is 13.2. The van der Waals surface area contributed by atoms with E-state index in [-0.39, 0.29) is 12.2 Å². The second-order valence-electron chi connectivity index (χ2n) is 14.6. The van der Waals surface area contributed by atoms with Crippen molar-refractivity contribution in [3.63, 3.8) is 0 Å². The molecule has 0 radical (unpaired) electrons. The third kappa shape index (κ3) is 28.9. The number of rotatable bonds is 36. The number of unbranched alkanes of at least 4 members (excludes halogenated alkanes) is 22. The van der Waals surface area contributed by atoms with Crippen LogP contribution < -0.4 is 0 Å². The first kappa shape index (κ1) is 44.4. The lowest BCUT2D eigenvalue weighted by Crippen LogP contribution is -2.36. The molecule has 0 spiro atoms. The third-order valence-corrected chi connectivity index (χ3v) is 10.2. The van der Waals surface area contributed by atoms with Crippen molar-refractivity contribution in [3.8, 4) is 0 Å². The van der Waals surface area contributed by atoms with Crippen LogP contribution in [0.4, 0.5) is 0 Å². The third-order valence-electron chi connectivity index (χ3n) is 10.2. The molecule has 1 fully saturated rings. The average Bonchev–Trinajstić information content (AvgIpc) is 3.09. The number of hydrogen-bond donors (Lipinski definition) is 0. The van der Waals surface area contributed by atoms with E-state index in [1.165, 1.54) is 161 Å². The van der Waals surface area contributed by atoms with Gasteiger partial charge in [0.25, 0.3) is 0 Å². The molecule has 5 heteroatoms. The Bertz CT molecular complexity index is 638. The van der Waals surface area contributed by atoms with Crippen molar-refractivity contribution in [1.29, 1.82) is 0 Å². The molecule has 0 aliphatic carbocycles. The molecule has 1 saturated heterocycles. The fraction of sp³-hybridized carbons (Fsp3) is 0.976. The van der Waals surface area contributed by atoms with Gasteiger partial charge in [-0.05, 0) is 44.9 Å². The number of carbonyl (C=O) groups excluding carboxylic acids is 1. The average molecular weight is 666 g/mol. The van der Waals surface area contributed by atoms with Gasteiger partial charge in [-0.3, -0.25) is 4.79 Å². The maximum atomic E-state index is 13.2. The summed E-state index contributed by atoms with van der Waals surface area (Å²) in [5.41, 5.74) is 0. The van der Waals surface area contributed by atoms with Crippen molar-refractivity contribution in [1.82, 2.24) is 4.90 Å². The molecule has 1 aliphatic heterocycles. The lowest BCUT2D eigenvalue weighted by atomic mass is 10.0. The van der Waals surface area contributed by atoms with Crippen LogP contribution >= 0.6 is 0 Å². The summed E-state index contributed by atoms with van der Waals surface area (Å²) >= 11 is 0. The quantitative estimate of drug-likeness (QED) is 0.0625. The summed E-state index contributed by atoms with van der Waals surface area (Å²) < 4.78 is 18.1. The second kappa shape index (κ2) is 35.2. The van der Waals surface area contributed by atoms with E-state index >= 15 is 0 Å². The number of hydrogen-bond acceptors (Lipinski definition) is 4. The Hall–Kier alpha value is -0.650. The van der Waals surface area contributed by atoms with Crippen LogP contribution in [0.25, 0.3) is 0 Å². The highest BCUT2D eigenvalue weighted by Gasteiger charge is 2.17. The first-order valence-corrected chi connectivity index (χ1v) is 21.3. The molecule has 0 aromatic heterocycles. The van der Waals surface area contributed by atoms with Crippen LogP contribution in [0, 0.1) is 0 Å². The minimum absolute atomic E-state index is 0.0917. The molecule has 280 valence electrons. The van der Waals surface area contributed by atoms with E-state index in [0.717, 1.165) is 51.9 Å². The van der Waals surface area contributed by atoms with Crippen LogP contribution in [0.5, 0.6) is 0 Å². The van der Waals surface area contributed by atoms with E-state index in [1.807, 2.05) is 4.90 Å². The highest BCUT2D eigenvalue weighted by atomic mass is 16.7. The summed E-state index contributed by atoms with van der Waals surface area (Å²) in [5.74, 6) is 0.286. The minimum Gasteiger partial charge on any atom is -0.378 e. The zero-order chi connectivity index (χ0) is 33.9. The van der Waals surface area contributed by atoms with Gasteiger partial charge in [-0.2, -0.15) is 0 Å². The Morgan fingerprint density at radius 1 is 0.617 bits per heavy atom. The van der Waals surface area contributed by atoms with Gasteiger partial charge in [0.15, 0.2) is 6.29 Å². The first-order chi connectivity index (χ1) is 23.2. The predicted molar refractivity (Wildman–Crippen MR) is 202 cm³/mol. The summed E-state index contributed by atoms with van der Waals surface area (Å²) in [4.78, 5) is 15.3. The first-order valence-electron chi connectivity index (χ1n) is 21.3. The fourth-order valence-corrected chi connectivity index (χ4v) is 6.90. The lowest BCUT2D eigenvalue weighted by Gasteiger charge is -2.26. The summed E-state index contributed by atoms with van der Waals surface area (Å²) in [6.45, 7) is 10.3. The molecule has 1 heterocycles. The zero-order valence-corrected chi connectivity index (χ0v) is 32.2. The Balaban J connectivity index is 2.20. The van der Waals surface area contributed by atoms with E-state index in [9.17, 15) is 4.79 Å². The largest absolute Gasteiger partial charge is 0.378 e. The molecule has 2 atom stereocenters. The Labute approximate surface area is 294 Å². The molecule has 47 heavy (non-hydrogen) atoms. The van der Waals surface area contributed by atoms with Gasteiger partial charge in [0.2, 0.25) is 5.91 Å². The molecule has 1 amide bonds. The topological polar surface area (TPSA) is 48.0 Å². The molecular weight excluding hydrogens is 582 g/mol. The summed E-state index contributed by atoms with van der Waals surface area (Å²) in [7, 11) is 0. The van der Waals surface area contributed by atoms with E-state index in [0.29, 0.717) is 25.7 Å². The van der Waals surface area contributed by atoms with Gasteiger partial charge in [-0.25, -0.2) is 0 Å². The molecule has 0 N–H and O–H groups in total. The van der Waals surface area contributed by atoms with Crippen molar-refractivity contribution in [2.75, 3.05) is 32.9 Å². The highest BCUT2D eigenvalue weighted by molar-refractivity contribution is 5.76. The Morgan fingerprint density at radius 3 is 1.62 bits per heavy atom. The summed E-state index contributed by atoms with van der Waals surface area (Å²) in [6.07, 6.45) is 39.9. The molecular formula is C42H83NO4. The predicted octanol–water partition coefficient (Wildman–Crippen LogP) is 12.7. The molecule has 0 aromatic rings. The zero-order valence-electron chi connectivity index (χ0n) is 32.2. The molecule has 0 bridgehead atoms. The lowest BCUT2D eigenvalue weighted by molar-refractivity contribution is -0.166. The molecule has 1 rings (SSSR count). The number of amides is 1. The van der Waals surface area contributed by atoms with Gasteiger partial charge in [-0.15, -0.1) is 0 Å². The molecule has 5 nitrogen and oxygen atoms in total. The highest BCUT2D eigenvalue weighted by Crippen LogP contribution is 2.17. The number of ether oxygens (including phenoxy) is 3. The second-order valence-corrected chi connectivity index (χ2v) is 14.6. The van der Waals surface area contributed by atoms with E-state index in [1.54, 1.807) is 0 Å². The Morgan fingerprint density at radius 2 is 1.13 bits per heavy atom. The van der Waals surface area contributed by atoms with Crippen LogP contribution in [-0.4, -0.2) is 56.1 Å². The van der Waals surface area contributed by atoms with Gasteiger partial charge >= 0.3 is 0 Å². The number of carbonyl (C=O) groups is 1. The smallest absolute Gasteiger partial charge is 0.222 e. The van der Waals surface area contributed by atoms with Gasteiger partial charge in [0.05, 0.1) is 12.7 Å². The maximum Gasteiger partial charge on any atom is 0.222 e. The monoisotopic (exact) mass is 666 g/mol. The minimum atomic E-state index is -0.0917. The Kier molecular flexibility index (Phi) is 33.2. The summed E-state index contributed by atoms with van der Waals surface area (Å²) in [5, 5.41) is 0. The van der Waals surface area contributed by atoms with Gasteiger partial charge in [0, 0.05) is 32.7 Å². The number of nitrogens with zero attached hydrogens (tertiary/aromatic N) is 1. The van der Waals surface area contributed by atoms with E-state index < -0.39 is 0 Å². The summed E-state index contributed by atoms with van der Waals surface area (Å²) in [6, 6.07) is 0. The standard InChI is InChI=1S/C42H83NO4/c1-4-7-9-11-13-15-17-18-20-22-24-26-28-33-41(44)43(36-39-47-42-34-29-30-37-46-42)35-31-38-45-40(6-3)32-27-25-23-21-19-16-14-12-10-8-5-2/h40,42H,4-39H2,1-3H3. The molecule has 2 unspecified atom stereocenters. The van der Waals surface area contributed by atoms with E-state index in [2.05, 4.69) is 20.8 Å². The van der Waals surface area contributed by atoms with Crippen molar-refractivity contribution in [3.05, 3.63) is 0 Å². The molecule has 0 saturated carbocycles. The van der Waals surface area contributed by atoms with Crippen LogP contribution in [0.3, 0.4) is 0 Å². The van der Waals surface area contributed by atoms with Crippen molar-refractivity contribution in [2.24, 2.45) is 0 Å². The van der Waals surface area contributed by atoms with Gasteiger partial charge < -0.3 is 19.1 Å². The van der Waals surface area contributed by atoms with Crippen LogP contribution in [0.15, 0.2) is 0 Å². The van der Waals surface area contributed by atoms with Gasteiger partial charge in [0.1, 0.15) is 0 Å². The van der Waals surface area contributed by atoms with Crippen LogP contribution in [0.1, 0.15) is 220 Å². The van der Waals surface area contributed by atoms with Crippen LogP contribution in [-0.2, 0) is 19.0 Å². The molecule has 1 aliphatic rings. The van der Waals surface area contributed by atoms with Crippen LogP contribution in [0.2, 0.25) is 0 Å². The van der Waals surface area contributed by atoms with Gasteiger partial charge in [-0.1, -0.05) is 168 Å². The van der Waals surface area contributed by atoms with Crippen molar-refractivity contribution >= 4 is 5.91 Å². The van der Waals surface area contributed by atoms with Crippen molar-refractivity contribution in [2.45, 2.75) is 232 Å². The molecule has 0 aromatic carbocycles.